The SMILES string of the molecule is Fc1cc(S)cc2c(CBr)csc12. The molecule has 0 unspecified atom stereocenters. The predicted molar refractivity (Wildman–Crippen MR) is 61.7 cm³/mol. The van der Waals surface area contributed by atoms with E-state index in [1.807, 2.05) is 11.4 Å². The lowest BCUT2D eigenvalue weighted by Gasteiger charge is -1.96. The van der Waals surface area contributed by atoms with Crippen LogP contribution in [0, 0.1) is 5.82 Å². The van der Waals surface area contributed by atoms with E-state index in [-0.39, 0.29) is 5.82 Å². The third-order valence-electron chi connectivity index (χ3n) is 1.84. The molecule has 4 heteroatoms. The van der Waals surface area contributed by atoms with Crippen LogP contribution in [0.4, 0.5) is 4.39 Å². The van der Waals surface area contributed by atoms with Crippen molar-refractivity contribution in [2.24, 2.45) is 0 Å². The molecule has 0 atom stereocenters. The molecule has 0 spiro atoms. The van der Waals surface area contributed by atoms with Crippen LogP contribution in [-0.2, 0) is 5.33 Å². The zero-order chi connectivity index (χ0) is 9.42. The highest BCUT2D eigenvalue weighted by atomic mass is 79.9. The highest BCUT2D eigenvalue weighted by molar-refractivity contribution is 9.08. The van der Waals surface area contributed by atoms with E-state index in [1.54, 1.807) is 0 Å². The van der Waals surface area contributed by atoms with E-state index in [9.17, 15) is 4.39 Å². The summed E-state index contributed by atoms with van der Waals surface area (Å²) in [5, 5.41) is 3.69. The van der Waals surface area contributed by atoms with Gasteiger partial charge in [0.15, 0.2) is 0 Å². The molecular weight excluding hydrogens is 271 g/mol. The van der Waals surface area contributed by atoms with Gasteiger partial charge in [-0.2, -0.15) is 0 Å². The van der Waals surface area contributed by atoms with Crippen LogP contribution in [0.1, 0.15) is 5.56 Å². The Bertz CT molecular complexity index is 450. The van der Waals surface area contributed by atoms with Crippen LogP contribution in [-0.4, -0.2) is 0 Å². The van der Waals surface area contributed by atoms with Gasteiger partial charge in [-0.25, -0.2) is 4.39 Å². The number of alkyl halides is 1. The highest BCUT2D eigenvalue weighted by Crippen LogP contribution is 2.31. The first-order chi connectivity index (χ1) is 6.22. The zero-order valence-electron chi connectivity index (χ0n) is 6.55. The first-order valence-electron chi connectivity index (χ1n) is 3.67. The summed E-state index contributed by atoms with van der Waals surface area (Å²) in [6, 6.07) is 3.34. The molecular formula is C9H6BrFS2. The molecule has 0 bridgehead atoms. The van der Waals surface area contributed by atoms with Gasteiger partial charge in [0.25, 0.3) is 0 Å². The fraction of sp³-hybridized carbons (Fsp3) is 0.111. The monoisotopic (exact) mass is 276 g/mol. The fourth-order valence-corrected chi connectivity index (χ4v) is 3.11. The average molecular weight is 277 g/mol. The van der Waals surface area contributed by atoms with Crippen molar-refractivity contribution in [2.75, 3.05) is 0 Å². The van der Waals surface area contributed by atoms with E-state index in [0.717, 1.165) is 16.3 Å². The van der Waals surface area contributed by atoms with Crippen molar-refractivity contribution in [3.8, 4) is 0 Å². The molecule has 13 heavy (non-hydrogen) atoms. The van der Waals surface area contributed by atoms with Crippen molar-refractivity contribution < 1.29 is 4.39 Å². The van der Waals surface area contributed by atoms with Crippen LogP contribution in [0.25, 0.3) is 10.1 Å². The Morgan fingerprint density at radius 2 is 2.23 bits per heavy atom. The predicted octanol–water partition coefficient (Wildman–Crippen LogP) is 4.22. The molecule has 0 nitrogen and oxygen atoms in total. The molecule has 1 heterocycles. The van der Waals surface area contributed by atoms with Crippen LogP contribution in [0.2, 0.25) is 0 Å². The smallest absolute Gasteiger partial charge is 0.142 e. The first kappa shape index (κ1) is 9.49. The molecule has 0 radical (unpaired) electrons. The molecule has 1 aromatic carbocycles. The maximum absolute atomic E-state index is 13.3. The van der Waals surface area contributed by atoms with Gasteiger partial charge < -0.3 is 0 Å². The van der Waals surface area contributed by atoms with E-state index in [2.05, 4.69) is 28.6 Å². The van der Waals surface area contributed by atoms with Gasteiger partial charge in [0.1, 0.15) is 5.82 Å². The van der Waals surface area contributed by atoms with E-state index in [4.69, 9.17) is 0 Å². The van der Waals surface area contributed by atoms with Gasteiger partial charge in [-0.1, -0.05) is 15.9 Å². The molecule has 1 aromatic heterocycles. The summed E-state index contributed by atoms with van der Waals surface area (Å²) in [6.45, 7) is 0. The molecule has 0 saturated heterocycles. The van der Waals surface area contributed by atoms with E-state index >= 15 is 0 Å². The molecule has 0 amide bonds. The van der Waals surface area contributed by atoms with Crippen molar-refractivity contribution in [3.05, 3.63) is 28.9 Å². The molecule has 0 N–H and O–H groups in total. The quantitative estimate of drug-likeness (QED) is 0.585. The third-order valence-corrected chi connectivity index (χ3v) is 3.75. The topological polar surface area (TPSA) is 0 Å². The van der Waals surface area contributed by atoms with Gasteiger partial charge in [0, 0.05) is 15.6 Å². The third kappa shape index (κ3) is 1.63. The number of rotatable bonds is 1. The van der Waals surface area contributed by atoms with Crippen molar-refractivity contribution in [1.29, 1.82) is 0 Å². The minimum absolute atomic E-state index is 0.181. The summed E-state index contributed by atoms with van der Waals surface area (Å²) < 4.78 is 14.1. The maximum atomic E-state index is 13.3. The van der Waals surface area contributed by atoms with Crippen LogP contribution in [0.3, 0.4) is 0 Å². The molecule has 0 aliphatic heterocycles. The Morgan fingerprint density at radius 3 is 2.92 bits per heavy atom. The number of benzene rings is 1. The van der Waals surface area contributed by atoms with Gasteiger partial charge in [-0.05, 0) is 23.1 Å². The molecule has 0 fully saturated rings. The summed E-state index contributed by atoms with van der Waals surface area (Å²) >= 11 is 8.94. The minimum atomic E-state index is -0.181. The lowest BCUT2D eigenvalue weighted by atomic mass is 10.2. The number of hydrogen-bond donors (Lipinski definition) is 1. The average Bonchev–Trinajstić information content (AvgIpc) is 2.47. The maximum Gasteiger partial charge on any atom is 0.142 e. The van der Waals surface area contributed by atoms with E-state index < -0.39 is 0 Å². The normalized spacial score (nSPS) is 11.0. The van der Waals surface area contributed by atoms with Gasteiger partial charge >= 0.3 is 0 Å². The second-order valence-electron chi connectivity index (χ2n) is 2.70. The minimum Gasteiger partial charge on any atom is -0.205 e. The second-order valence-corrected chi connectivity index (χ2v) is 4.66. The van der Waals surface area contributed by atoms with E-state index in [1.165, 1.54) is 17.4 Å². The second kappa shape index (κ2) is 3.59. The van der Waals surface area contributed by atoms with Crippen LogP contribution in [0.15, 0.2) is 22.4 Å². The van der Waals surface area contributed by atoms with Gasteiger partial charge in [0.05, 0.1) is 4.70 Å². The fourth-order valence-electron chi connectivity index (χ4n) is 1.23. The number of thiophene rings is 1. The lowest BCUT2D eigenvalue weighted by molar-refractivity contribution is 0.638. The van der Waals surface area contributed by atoms with Crippen molar-refractivity contribution in [1.82, 2.24) is 0 Å². The first-order valence-corrected chi connectivity index (χ1v) is 6.11. The number of fused-ring (bicyclic) bond motifs is 1. The van der Waals surface area contributed by atoms with Crippen molar-refractivity contribution in [2.45, 2.75) is 10.2 Å². The number of halogens is 2. The largest absolute Gasteiger partial charge is 0.205 e. The number of thiol groups is 1. The number of hydrogen-bond acceptors (Lipinski definition) is 2. The summed E-state index contributed by atoms with van der Waals surface area (Å²) in [6.07, 6.45) is 0. The van der Waals surface area contributed by atoms with Crippen molar-refractivity contribution >= 4 is 50.0 Å². The summed E-state index contributed by atoms with van der Waals surface area (Å²) in [5.74, 6) is -0.181. The summed E-state index contributed by atoms with van der Waals surface area (Å²) in [5.41, 5.74) is 1.12. The van der Waals surface area contributed by atoms with Crippen LogP contribution >= 0.6 is 39.9 Å². The standard InChI is InChI=1S/C9H6BrFS2/c10-3-5-4-13-9-7(5)1-6(12)2-8(9)11/h1-2,4,12H,3H2. The Labute approximate surface area is 93.3 Å². The molecule has 2 aromatic rings. The zero-order valence-corrected chi connectivity index (χ0v) is 9.85. The molecule has 2 rings (SSSR count). The van der Waals surface area contributed by atoms with Crippen LogP contribution < -0.4 is 0 Å². The van der Waals surface area contributed by atoms with E-state index in [0.29, 0.717) is 9.60 Å². The highest BCUT2D eigenvalue weighted by Gasteiger charge is 2.07. The van der Waals surface area contributed by atoms with Crippen LogP contribution in [0.5, 0.6) is 0 Å². The summed E-state index contributed by atoms with van der Waals surface area (Å²) in [4.78, 5) is 0.672. The lowest BCUT2D eigenvalue weighted by Crippen LogP contribution is -1.78. The molecule has 68 valence electrons. The Hall–Kier alpha value is -0.0600. The Balaban J connectivity index is 2.82. The Morgan fingerprint density at radius 1 is 1.46 bits per heavy atom. The molecule has 0 aliphatic rings. The van der Waals surface area contributed by atoms with Crippen molar-refractivity contribution in [3.63, 3.8) is 0 Å². The van der Waals surface area contributed by atoms with Gasteiger partial charge in [-0.3, -0.25) is 0 Å². The Kier molecular flexibility index (Phi) is 2.62. The van der Waals surface area contributed by atoms with Gasteiger partial charge in [0.2, 0.25) is 0 Å². The summed E-state index contributed by atoms with van der Waals surface area (Å²) in [7, 11) is 0. The molecule has 0 aliphatic carbocycles. The molecule has 0 saturated carbocycles. The van der Waals surface area contributed by atoms with Gasteiger partial charge in [-0.15, -0.1) is 24.0 Å².